The van der Waals surface area contributed by atoms with Gasteiger partial charge in [-0.15, -0.1) is 13.2 Å². The second kappa shape index (κ2) is 8.16. The van der Waals surface area contributed by atoms with Gasteiger partial charge in [-0.05, 0) is 48.5 Å². The van der Waals surface area contributed by atoms with Crippen molar-refractivity contribution >= 4 is 17.2 Å². The van der Waals surface area contributed by atoms with Gasteiger partial charge in [0.15, 0.2) is 5.78 Å². The van der Waals surface area contributed by atoms with Crippen LogP contribution in [0.2, 0.25) is 0 Å². The number of benzene rings is 2. The van der Waals surface area contributed by atoms with E-state index in [1.165, 1.54) is 0 Å². The number of hydrogen-bond donors (Lipinski definition) is 0. The molecule has 0 fully saturated rings. The van der Waals surface area contributed by atoms with Crippen LogP contribution < -0.4 is 9.80 Å². The average molecular weight is 320 g/mol. The van der Waals surface area contributed by atoms with Crippen molar-refractivity contribution in [2.24, 2.45) is 0 Å². The van der Waals surface area contributed by atoms with E-state index in [0.29, 0.717) is 11.1 Å². The summed E-state index contributed by atoms with van der Waals surface area (Å²) in [5.74, 6) is 0.0332. The fourth-order valence-corrected chi connectivity index (χ4v) is 2.50. The molecule has 0 aliphatic carbocycles. The molecule has 0 heterocycles. The molecule has 0 bridgehead atoms. The van der Waals surface area contributed by atoms with Gasteiger partial charge in [0, 0.05) is 49.7 Å². The maximum absolute atomic E-state index is 12.6. The minimum atomic E-state index is 0.0332. The lowest BCUT2D eigenvalue weighted by molar-refractivity contribution is 0.103. The summed E-state index contributed by atoms with van der Waals surface area (Å²) in [5, 5.41) is 0. The first kappa shape index (κ1) is 17.5. The Morgan fingerprint density at radius 1 is 0.792 bits per heavy atom. The second-order valence-corrected chi connectivity index (χ2v) is 5.76. The summed E-state index contributed by atoms with van der Waals surface area (Å²) in [6.45, 7) is 9.02. The predicted octanol–water partition coefficient (Wildman–Crippen LogP) is 4.16. The smallest absolute Gasteiger partial charge is 0.193 e. The Kier molecular flexibility index (Phi) is 5.96. The van der Waals surface area contributed by atoms with Gasteiger partial charge >= 0.3 is 0 Å². The lowest BCUT2D eigenvalue weighted by Crippen LogP contribution is -2.17. The molecule has 0 saturated carbocycles. The Hall–Kier alpha value is -2.81. The van der Waals surface area contributed by atoms with Gasteiger partial charge in [0.1, 0.15) is 0 Å². The molecule has 2 rings (SSSR count). The van der Waals surface area contributed by atoms with Crippen molar-refractivity contribution in [3.8, 4) is 0 Å². The van der Waals surface area contributed by atoms with E-state index in [1.54, 1.807) is 0 Å². The van der Waals surface area contributed by atoms with Gasteiger partial charge in [-0.25, -0.2) is 0 Å². The molecule has 0 aliphatic heterocycles. The van der Waals surface area contributed by atoms with Gasteiger partial charge in [-0.2, -0.15) is 0 Å². The zero-order chi connectivity index (χ0) is 17.5. The third kappa shape index (κ3) is 4.13. The number of carbonyl (C=O) groups is 1. The monoisotopic (exact) mass is 320 g/mol. The van der Waals surface area contributed by atoms with Gasteiger partial charge in [0.05, 0.1) is 0 Å². The summed E-state index contributed by atoms with van der Waals surface area (Å²) in [6.07, 6.45) is 3.70. The van der Waals surface area contributed by atoms with Crippen molar-refractivity contribution < 1.29 is 4.79 Å². The predicted molar refractivity (Wildman–Crippen MR) is 103 cm³/mol. The Morgan fingerprint density at radius 2 is 1.12 bits per heavy atom. The summed E-state index contributed by atoms with van der Waals surface area (Å²) >= 11 is 0. The van der Waals surface area contributed by atoms with Crippen LogP contribution in [0.25, 0.3) is 0 Å². The largest absolute Gasteiger partial charge is 0.371 e. The van der Waals surface area contributed by atoms with Gasteiger partial charge in [0.2, 0.25) is 0 Å². The molecule has 2 aromatic carbocycles. The molecule has 0 N–H and O–H groups in total. The van der Waals surface area contributed by atoms with E-state index in [0.717, 1.165) is 24.5 Å². The first-order chi connectivity index (χ1) is 11.6. The second-order valence-electron chi connectivity index (χ2n) is 5.76. The standard InChI is InChI=1S/C21H24N2O/c1-5-15-22(3)19-11-7-17(8-12-19)21(24)18-9-13-20(14-10-18)23(4)16-6-2/h5-14H,1-2,15-16H2,3-4H3. The van der Waals surface area contributed by atoms with Gasteiger partial charge in [-0.1, -0.05) is 12.2 Å². The quantitative estimate of drug-likeness (QED) is 0.539. The number of nitrogens with zero attached hydrogens (tertiary/aromatic N) is 2. The van der Waals surface area contributed by atoms with E-state index >= 15 is 0 Å². The highest BCUT2D eigenvalue weighted by Crippen LogP contribution is 2.19. The zero-order valence-corrected chi connectivity index (χ0v) is 14.4. The molecule has 0 saturated heterocycles. The zero-order valence-electron chi connectivity index (χ0n) is 14.4. The summed E-state index contributed by atoms with van der Waals surface area (Å²) in [4.78, 5) is 16.8. The van der Waals surface area contributed by atoms with E-state index < -0.39 is 0 Å². The minimum absolute atomic E-state index is 0.0332. The molecule has 2 aromatic rings. The molecule has 3 heteroatoms. The minimum Gasteiger partial charge on any atom is -0.371 e. The SMILES string of the molecule is C=CCN(C)c1ccc(C(=O)c2ccc(N(C)CC=C)cc2)cc1. The van der Waals surface area contributed by atoms with E-state index in [-0.39, 0.29) is 5.78 Å². The van der Waals surface area contributed by atoms with Crippen LogP contribution in [0.1, 0.15) is 15.9 Å². The van der Waals surface area contributed by atoms with Crippen LogP contribution >= 0.6 is 0 Å². The third-order valence-electron chi connectivity index (χ3n) is 3.95. The third-order valence-corrected chi connectivity index (χ3v) is 3.95. The van der Waals surface area contributed by atoms with E-state index in [4.69, 9.17) is 0 Å². The number of hydrogen-bond acceptors (Lipinski definition) is 3. The average Bonchev–Trinajstić information content (AvgIpc) is 2.62. The fraction of sp³-hybridized carbons (Fsp3) is 0.190. The summed E-state index contributed by atoms with van der Waals surface area (Å²) < 4.78 is 0. The first-order valence-electron chi connectivity index (χ1n) is 7.95. The Morgan fingerprint density at radius 3 is 1.42 bits per heavy atom. The summed E-state index contributed by atoms with van der Waals surface area (Å²) in [6, 6.07) is 15.3. The Bertz CT molecular complexity index is 640. The molecule has 24 heavy (non-hydrogen) atoms. The van der Waals surface area contributed by atoms with Gasteiger partial charge < -0.3 is 9.80 Å². The van der Waals surface area contributed by atoms with Crippen LogP contribution in [0.4, 0.5) is 11.4 Å². The highest BCUT2D eigenvalue weighted by atomic mass is 16.1. The molecule has 0 atom stereocenters. The van der Waals surface area contributed by atoms with Gasteiger partial charge in [-0.3, -0.25) is 4.79 Å². The molecule has 0 unspecified atom stereocenters. The van der Waals surface area contributed by atoms with Crippen LogP contribution in [0.15, 0.2) is 73.8 Å². The molecule has 0 spiro atoms. The number of anilines is 2. The highest BCUT2D eigenvalue weighted by Gasteiger charge is 2.10. The van der Waals surface area contributed by atoms with Crippen LogP contribution in [-0.2, 0) is 0 Å². The Labute approximate surface area is 144 Å². The van der Waals surface area contributed by atoms with Crippen LogP contribution in [0, 0.1) is 0 Å². The molecule has 124 valence electrons. The van der Waals surface area contributed by atoms with Crippen molar-refractivity contribution in [2.45, 2.75) is 0 Å². The van der Waals surface area contributed by atoms with Crippen molar-refractivity contribution in [1.29, 1.82) is 0 Å². The lowest BCUT2D eigenvalue weighted by atomic mass is 10.0. The normalized spacial score (nSPS) is 10.1. The fourth-order valence-electron chi connectivity index (χ4n) is 2.50. The van der Waals surface area contributed by atoms with E-state index in [2.05, 4.69) is 23.0 Å². The molecule has 3 nitrogen and oxygen atoms in total. The number of carbonyl (C=O) groups excluding carboxylic acids is 1. The maximum Gasteiger partial charge on any atom is 0.193 e. The molecule has 0 amide bonds. The Balaban J connectivity index is 2.13. The van der Waals surface area contributed by atoms with Gasteiger partial charge in [0.25, 0.3) is 0 Å². The van der Waals surface area contributed by atoms with Crippen LogP contribution in [0.5, 0.6) is 0 Å². The number of likely N-dealkylation sites (N-methyl/N-ethyl adjacent to an activating group) is 2. The van der Waals surface area contributed by atoms with Crippen molar-refractivity contribution in [2.75, 3.05) is 37.0 Å². The summed E-state index contributed by atoms with van der Waals surface area (Å²) in [7, 11) is 3.99. The number of ketones is 1. The first-order valence-corrected chi connectivity index (χ1v) is 7.95. The van der Waals surface area contributed by atoms with E-state index in [1.807, 2.05) is 74.8 Å². The topological polar surface area (TPSA) is 23.6 Å². The number of rotatable bonds is 8. The molecule has 0 aromatic heterocycles. The van der Waals surface area contributed by atoms with Crippen molar-refractivity contribution in [3.63, 3.8) is 0 Å². The van der Waals surface area contributed by atoms with E-state index in [9.17, 15) is 4.79 Å². The van der Waals surface area contributed by atoms with Crippen LogP contribution in [0.3, 0.4) is 0 Å². The van der Waals surface area contributed by atoms with Crippen molar-refractivity contribution in [1.82, 2.24) is 0 Å². The van der Waals surface area contributed by atoms with Crippen molar-refractivity contribution in [3.05, 3.63) is 85.0 Å². The molecule has 0 radical (unpaired) electrons. The summed E-state index contributed by atoms with van der Waals surface area (Å²) in [5.41, 5.74) is 3.51. The van der Waals surface area contributed by atoms with Crippen LogP contribution in [-0.4, -0.2) is 33.0 Å². The lowest BCUT2D eigenvalue weighted by Gasteiger charge is -2.18. The molecular weight excluding hydrogens is 296 g/mol. The maximum atomic E-state index is 12.6. The molecule has 0 aliphatic rings. The molecular formula is C21H24N2O. The highest BCUT2D eigenvalue weighted by molar-refractivity contribution is 6.09.